The van der Waals surface area contributed by atoms with Gasteiger partial charge in [0.25, 0.3) is 0 Å². The van der Waals surface area contributed by atoms with E-state index in [1.807, 2.05) is 24.3 Å². The summed E-state index contributed by atoms with van der Waals surface area (Å²) in [6, 6.07) is 27.1. The maximum absolute atomic E-state index is 5.97. The molecule has 1 aromatic heterocycles. The lowest BCUT2D eigenvalue weighted by molar-refractivity contribution is 0.300. The summed E-state index contributed by atoms with van der Waals surface area (Å²) in [7, 11) is 0. The highest BCUT2D eigenvalue weighted by molar-refractivity contribution is 5.76. The van der Waals surface area contributed by atoms with Crippen molar-refractivity contribution in [1.29, 1.82) is 0 Å². The minimum atomic E-state index is 0.697. The van der Waals surface area contributed by atoms with E-state index in [-0.39, 0.29) is 0 Å². The largest absolute Gasteiger partial charge is 0.493 e. The Kier molecular flexibility index (Phi) is 5.20. The summed E-state index contributed by atoms with van der Waals surface area (Å²) in [4.78, 5) is 4.88. The van der Waals surface area contributed by atoms with Crippen LogP contribution in [0.1, 0.15) is 23.4 Å². The van der Waals surface area contributed by atoms with Crippen LogP contribution in [0, 0.1) is 6.92 Å². The van der Waals surface area contributed by atoms with Crippen LogP contribution < -0.4 is 4.74 Å². The van der Waals surface area contributed by atoms with Crippen LogP contribution in [0.3, 0.4) is 0 Å². The van der Waals surface area contributed by atoms with Gasteiger partial charge in [-0.25, -0.2) is 4.98 Å². The second-order valence-corrected chi connectivity index (χ2v) is 6.80. The molecule has 0 aliphatic carbocycles. The molecule has 0 spiro atoms. The van der Waals surface area contributed by atoms with Crippen molar-refractivity contribution in [3.8, 4) is 5.75 Å². The minimum Gasteiger partial charge on any atom is -0.493 e. The third-order valence-corrected chi connectivity index (χ3v) is 4.82. The van der Waals surface area contributed by atoms with Crippen LogP contribution in [-0.4, -0.2) is 16.2 Å². The van der Waals surface area contributed by atoms with Crippen molar-refractivity contribution in [2.75, 3.05) is 6.61 Å². The molecule has 0 unspecified atom stereocenters. The minimum absolute atomic E-state index is 0.697. The van der Waals surface area contributed by atoms with Gasteiger partial charge in [0.15, 0.2) is 0 Å². The molecule has 0 atom stereocenters. The van der Waals surface area contributed by atoms with Gasteiger partial charge in [0.05, 0.1) is 17.6 Å². The van der Waals surface area contributed by atoms with E-state index in [2.05, 4.69) is 66.1 Å². The first-order valence-electron chi connectivity index (χ1n) is 9.48. The summed E-state index contributed by atoms with van der Waals surface area (Å²) in [5.74, 6) is 2.08. The number of nitrogens with zero attached hydrogens (tertiary/aromatic N) is 2. The van der Waals surface area contributed by atoms with E-state index in [4.69, 9.17) is 9.72 Å². The van der Waals surface area contributed by atoms with Gasteiger partial charge in [0.1, 0.15) is 11.6 Å². The summed E-state index contributed by atoms with van der Waals surface area (Å²) in [6.45, 7) is 3.67. The Morgan fingerprint density at radius 1 is 0.852 bits per heavy atom. The molecule has 0 amide bonds. The number of para-hydroxylation sites is 3. The van der Waals surface area contributed by atoms with E-state index in [0.29, 0.717) is 6.61 Å². The maximum atomic E-state index is 5.97. The van der Waals surface area contributed by atoms with Crippen molar-refractivity contribution in [1.82, 2.24) is 9.55 Å². The molecule has 3 heteroatoms. The Bertz CT molecular complexity index is 1020. The van der Waals surface area contributed by atoms with Crippen LogP contribution >= 0.6 is 0 Å². The number of hydrogen-bond acceptors (Lipinski definition) is 2. The number of hydrogen-bond donors (Lipinski definition) is 0. The van der Waals surface area contributed by atoms with Crippen LogP contribution in [0.2, 0.25) is 0 Å². The van der Waals surface area contributed by atoms with E-state index in [0.717, 1.165) is 36.5 Å². The highest BCUT2D eigenvalue weighted by Gasteiger charge is 2.11. The number of ether oxygens (including phenoxy) is 1. The zero-order valence-electron chi connectivity index (χ0n) is 15.6. The number of benzene rings is 3. The Hall–Kier alpha value is -3.07. The number of rotatable bonds is 7. The predicted molar refractivity (Wildman–Crippen MR) is 110 cm³/mol. The summed E-state index contributed by atoms with van der Waals surface area (Å²) in [6.07, 6.45) is 1.78. The smallest absolute Gasteiger partial charge is 0.122 e. The molecule has 1 heterocycles. The lowest BCUT2D eigenvalue weighted by Crippen LogP contribution is -2.08. The van der Waals surface area contributed by atoms with E-state index < -0.39 is 0 Å². The molecule has 0 fully saturated rings. The summed E-state index contributed by atoms with van der Waals surface area (Å²) in [5.41, 5.74) is 4.71. The zero-order valence-corrected chi connectivity index (χ0v) is 15.6. The number of fused-ring (bicyclic) bond motifs is 1. The molecule has 3 nitrogen and oxygen atoms in total. The van der Waals surface area contributed by atoms with Gasteiger partial charge in [-0.05, 0) is 42.7 Å². The van der Waals surface area contributed by atoms with Gasteiger partial charge in [-0.3, -0.25) is 0 Å². The molecule has 0 saturated heterocycles. The molecule has 4 aromatic rings. The van der Waals surface area contributed by atoms with Gasteiger partial charge >= 0.3 is 0 Å². The first-order valence-corrected chi connectivity index (χ1v) is 9.48. The fraction of sp³-hybridized carbons (Fsp3) is 0.208. The molecular weight excluding hydrogens is 332 g/mol. The Morgan fingerprint density at radius 2 is 1.59 bits per heavy atom. The number of aryl methyl sites for hydroxylation is 2. The fourth-order valence-corrected chi connectivity index (χ4v) is 3.41. The lowest BCUT2D eigenvalue weighted by Gasteiger charge is -2.11. The summed E-state index contributed by atoms with van der Waals surface area (Å²) < 4.78 is 8.31. The van der Waals surface area contributed by atoms with E-state index in [1.165, 1.54) is 16.6 Å². The van der Waals surface area contributed by atoms with Crippen LogP contribution in [0.5, 0.6) is 5.75 Å². The standard InChI is InChI=1S/C24H24N2O/c1-19-10-5-8-15-23(19)27-17-9-16-26-22-14-7-6-13-21(22)25-24(26)18-20-11-3-2-4-12-20/h2-8,10-15H,9,16-18H2,1H3. The molecule has 0 aliphatic heterocycles. The molecular formula is C24H24N2O. The highest BCUT2D eigenvalue weighted by Crippen LogP contribution is 2.20. The van der Waals surface area contributed by atoms with Crippen molar-refractivity contribution in [3.63, 3.8) is 0 Å². The Balaban J connectivity index is 1.50. The molecule has 27 heavy (non-hydrogen) atoms. The van der Waals surface area contributed by atoms with Crippen molar-refractivity contribution < 1.29 is 4.74 Å². The average molecular weight is 356 g/mol. The van der Waals surface area contributed by atoms with Crippen molar-refractivity contribution in [2.24, 2.45) is 0 Å². The van der Waals surface area contributed by atoms with Crippen LogP contribution in [0.15, 0.2) is 78.9 Å². The quantitative estimate of drug-likeness (QED) is 0.414. The number of imidazole rings is 1. The fourth-order valence-electron chi connectivity index (χ4n) is 3.41. The second-order valence-electron chi connectivity index (χ2n) is 6.80. The molecule has 136 valence electrons. The van der Waals surface area contributed by atoms with Gasteiger partial charge in [-0.2, -0.15) is 0 Å². The molecule has 0 radical (unpaired) electrons. The Morgan fingerprint density at radius 3 is 2.44 bits per heavy atom. The maximum Gasteiger partial charge on any atom is 0.122 e. The lowest BCUT2D eigenvalue weighted by atomic mass is 10.1. The number of aromatic nitrogens is 2. The molecule has 4 rings (SSSR count). The van der Waals surface area contributed by atoms with Gasteiger partial charge in [-0.15, -0.1) is 0 Å². The SMILES string of the molecule is Cc1ccccc1OCCCn1c(Cc2ccccc2)nc2ccccc21. The van der Waals surface area contributed by atoms with Crippen molar-refractivity contribution in [2.45, 2.75) is 26.3 Å². The second kappa shape index (κ2) is 8.09. The van der Waals surface area contributed by atoms with Gasteiger partial charge in [0.2, 0.25) is 0 Å². The van der Waals surface area contributed by atoms with E-state index >= 15 is 0 Å². The highest BCUT2D eigenvalue weighted by atomic mass is 16.5. The monoisotopic (exact) mass is 356 g/mol. The molecule has 0 N–H and O–H groups in total. The first-order chi connectivity index (χ1) is 13.3. The molecule has 0 bridgehead atoms. The predicted octanol–water partition coefficient (Wildman–Crippen LogP) is 5.40. The average Bonchev–Trinajstić information content (AvgIpc) is 3.04. The van der Waals surface area contributed by atoms with Gasteiger partial charge in [-0.1, -0.05) is 60.7 Å². The normalized spacial score (nSPS) is 11.0. The van der Waals surface area contributed by atoms with E-state index in [9.17, 15) is 0 Å². The summed E-state index contributed by atoms with van der Waals surface area (Å²) >= 11 is 0. The zero-order chi connectivity index (χ0) is 18.5. The first kappa shape index (κ1) is 17.3. The van der Waals surface area contributed by atoms with Gasteiger partial charge < -0.3 is 9.30 Å². The third-order valence-electron chi connectivity index (χ3n) is 4.82. The molecule has 3 aromatic carbocycles. The van der Waals surface area contributed by atoms with Gasteiger partial charge in [0, 0.05) is 13.0 Å². The van der Waals surface area contributed by atoms with Crippen LogP contribution in [-0.2, 0) is 13.0 Å². The Labute approximate surface area is 160 Å². The van der Waals surface area contributed by atoms with Crippen molar-refractivity contribution >= 4 is 11.0 Å². The van der Waals surface area contributed by atoms with Crippen LogP contribution in [0.25, 0.3) is 11.0 Å². The molecule has 0 aliphatic rings. The summed E-state index contributed by atoms with van der Waals surface area (Å²) in [5, 5.41) is 0. The molecule has 0 saturated carbocycles. The third kappa shape index (κ3) is 4.03. The van der Waals surface area contributed by atoms with Crippen LogP contribution in [0.4, 0.5) is 0 Å². The topological polar surface area (TPSA) is 27.1 Å². The van der Waals surface area contributed by atoms with E-state index in [1.54, 1.807) is 0 Å². The van der Waals surface area contributed by atoms with Crippen molar-refractivity contribution in [3.05, 3.63) is 95.8 Å².